The van der Waals surface area contributed by atoms with Crippen molar-refractivity contribution in [3.8, 4) is 0 Å². The summed E-state index contributed by atoms with van der Waals surface area (Å²) < 4.78 is 1.70. The maximum Gasteiger partial charge on any atom is 0.0967 e. The van der Waals surface area contributed by atoms with Crippen LogP contribution in [0.1, 0.15) is 12.1 Å². The molecule has 1 aromatic heterocycles. The van der Waals surface area contributed by atoms with Gasteiger partial charge in [0.2, 0.25) is 0 Å². The fraction of sp³-hybridized carbons (Fsp3) is 0.750. The van der Waals surface area contributed by atoms with Crippen LogP contribution in [0.15, 0.2) is 6.20 Å². The Bertz CT molecular complexity index is 285. The summed E-state index contributed by atoms with van der Waals surface area (Å²) >= 11 is 0. The van der Waals surface area contributed by atoms with Crippen LogP contribution in [0, 0.1) is 0 Å². The van der Waals surface area contributed by atoms with Gasteiger partial charge in [0, 0.05) is 32.9 Å². The molecule has 72 valence electrons. The number of likely N-dealkylation sites (tertiary alicyclic amines) is 1. The van der Waals surface area contributed by atoms with Crippen LogP contribution in [0.5, 0.6) is 0 Å². The smallest absolute Gasteiger partial charge is 0.0967 e. The van der Waals surface area contributed by atoms with Crippen LogP contribution in [-0.4, -0.2) is 44.2 Å². The van der Waals surface area contributed by atoms with Crippen molar-refractivity contribution in [2.75, 3.05) is 13.1 Å². The number of β-amino-alcohol motifs (C(OH)–C–C–N with tert-alkyl or cyclic N) is 1. The lowest BCUT2D eigenvalue weighted by Gasteiger charge is -2.11. The summed E-state index contributed by atoms with van der Waals surface area (Å²) in [5.41, 5.74) is 0.969. The van der Waals surface area contributed by atoms with Crippen LogP contribution in [0.3, 0.4) is 0 Å². The number of rotatable bonds is 2. The average molecular weight is 182 g/mol. The second kappa shape index (κ2) is 3.43. The minimum atomic E-state index is -0.156. The third-order valence-electron chi connectivity index (χ3n) is 2.28. The summed E-state index contributed by atoms with van der Waals surface area (Å²) in [6, 6.07) is 0. The van der Waals surface area contributed by atoms with E-state index in [2.05, 4.69) is 15.2 Å². The zero-order valence-corrected chi connectivity index (χ0v) is 7.72. The molecular formula is C8H14N4O. The van der Waals surface area contributed by atoms with E-state index < -0.39 is 0 Å². The summed E-state index contributed by atoms with van der Waals surface area (Å²) in [6.07, 6.45) is 2.63. The predicted octanol–water partition coefficient (Wildman–Crippen LogP) is -0.618. The van der Waals surface area contributed by atoms with Gasteiger partial charge in [-0.2, -0.15) is 0 Å². The predicted molar refractivity (Wildman–Crippen MR) is 46.9 cm³/mol. The topological polar surface area (TPSA) is 54.2 Å². The number of aliphatic hydroxyl groups excluding tert-OH is 1. The molecule has 0 saturated carbocycles. The molecular weight excluding hydrogens is 168 g/mol. The average Bonchev–Trinajstić information content (AvgIpc) is 2.62. The molecule has 1 aromatic rings. The first kappa shape index (κ1) is 8.65. The lowest BCUT2D eigenvalue weighted by atomic mass is 10.3. The fourth-order valence-electron chi connectivity index (χ4n) is 1.65. The normalized spacial score (nSPS) is 24.0. The Balaban J connectivity index is 1.91. The Morgan fingerprint density at radius 2 is 2.54 bits per heavy atom. The lowest BCUT2D eigenvalue weighted by Crippen LogP contribution is -2.21. The van der Waals surface area contributed by atoms with E-state index in [1.54, 1.807) is 4.68 Å². The van der Waals surface area contributed by atoms with Gasteiger partial charge < -0.3 is 5.11 Å². The quantitative estimate of drug-likeness (QED) is 0.662. The minimum Gasteiger partial charge on any atom is -0.392 e. The first-order chi connectivity index (χ1) is 6.24. The van der Waals surface area contributed by atoms with E-state index in [-0.39, 0.29) is 6.10 Å². The van der Waals surface area contributed by atoms with Crippen LogP contribution in [0.2, 0.25) is 0 Å². The van der Waals surface area contributed by atoms with Crippen molar-refractivity contribution >= 4 is 0 Å². The third kappa shape index (κ3) is 2.05. The van der Waals surface area contributed by atoms with Gasteiger partial charge in [-0.25, -0.2) is 0 Å². The van der Waals surface area contributed by atoms with E-state index in [0.29, 0.717) is 0 Å². The summed E-state index contributed by atoms with van der Waals surface area (Å²) in [7, 11) is 1.86. The summed E-state index contributed by atoms with van der Waals surface area (Å²) in [5, 5.41) is 17.1. The first-order valence-corrected chi connectivity index (χ1v) is 4.49. The second-order valence-corrected chi connectivity index (χ2v) is 3.56. The highest BCUT2D eigenvalue weighted by molar-refractivity contribution is 4.93. The Kier molecular flexibility index (Phi) is 2.28. The molecule has 0 amide bonds. The number of hydrogen-bond acceptors (Lipinski definition) is 4. The van der Waals surface area contributed by atoms with Gasteiger partial charge in [0.05, 0.1) is 11.8 Å². The number of aliphatic hydroxyl groups is 1. The molecule has 0 radical (unpaired) electrons. The molecule has 1 aliphatic heterocycles. The molecule has 0 bridgehead atoms. The van der Waals surface area contributed by atoms with E-state index in [4.69, 9.17) is 0 Å². The molecule has 1 fully saturated rings. The molecule has 5 nitrogen and oxygen atoms in total. The number of nitrogens with zero attached hydrogens (tertiary/aromatic N) is 4. The second-order valence-electron chi connectivity index (χ2n) is 3.56. The zero-order chi connectivity index (χ0) is 9.26. The van der Waals surface area contributed by atoms with Gasteiger partial charge in [-0.3, -0.25) is 9.58 Å². The van der Waals surface area contributed by atoms with Crippen LogP contribution in [0.25, 0.3) is 0 Å². The van der Waals surface area contributed by atoms with E-state index in [0.717, 1.165) is 31.7 Å². The SMILES string of the molecule is Cn1cc(CN2CC[C@H](O)C2)nn1. The van der Waals surface area contributed by atoms with E-state index in [1.807, 2.05) is 13.2 Å². The van der Waals surface area contributed by atoms with Gasteiger partial charge in [0.1, 0.15) is 0 Å². The molecule has 2 rings (SSSR count). The maximum absolute atomic E-state index is 9.30. The van der Waals surface area contributed by atoms with Crippen LogP contribution < -0.4 is 0 Å². The number of hydrogen-bond donors (Lipinski definition) is 1. The Hall–Kier alpha value is -0.940. The van der Waals surface area contributed by atoms with Crippen molar-refractivity contribution in [3.05, 3.63) is 11.9 Å². The zero-order valence-electron chi connectivity index (χ0n) is 7.72. The van der Waals surface area contributed by atoms with Crippen LogP contribution in [-0.2, 0) is 13.6 Å². The summed E-state index contributed by atoms with van der Waals surface area (Å²) in [6.45, 7) is 2.51. The molecule has 0 aliphatic carbocycles. The van der Waals surface area contributed by atoms with Gasteiger partial charge in [-0.15, -0.1) is 5.10 Å². The highest BCUT2D eigenvalue weighted by Gasteiger charge is 2.20. The van der Waals surface area contributed by atoms with Crippen molar-refractivity contribution in [3.63, 3.8) is 0 Å². The highest BCUT2D eigenvalue weighted by Crippen LogP contribution is 2.11. The molecule has 1 N–H and O–H groups in total. The Morgan fingerprint density at radius 1 is 1.69 bits per heavy atom. The van der Waals surface area contributed by atoms with Gasteiger partial charge >= 0.3 is 0 Å². The molecule has 1 atom stereocenters. The van der Waals surface area contributed by atoms with Crippen molar-refractivity contribution in [1.82, 2.24) is 19.9 Å². The molecule has 1 aliphatic rings. The van der Waals surface area contributed by atoms with Crippen LogP contribution in [0.4, 0.5) is 0 Å². The molecule has 1 saturated heterocycles. The minimum absolute atomic E-state index is 0.156. The van der Waals surface area contributed by atoms with Gasteiger partial charge in [-0.1, -0.05) is 5.21 Å². The maximum atomic E-state index is 9.30. The fourth-order valence-corrected chi connectivity index (χ4v) is 1.65. The molecule has 0 spiro atoms. The van der Waals surface area contributed by atoms with Gasteiger partial charge in [0.15, 0.2) is 0 Å². The van der Waals surface area contributed by atoms with Crippen molar-refractivity contribution < 1.29 is 5.11 Å². The number of aromatic nitrogens is 3. The Morgan fingerprint density at radius 3 is 3.08 bits per heavy atom. The molecule has 0 unspecified atom stereocenters. The highest BCUT2D eigenvalue weighted by atomic mass is 16.3. The van der Waals surface area contributed by atoms with Gasteiger partial charge in [0.25, 0.3) is 0 Å². The lowest BCUT2D eigenvalue weighted by molar-refractivity contribution is 0.174. The largest absolute Gasteiger partial charge is 0.392 e. The van der Waals surface area contributed by atoms with Crippen LogP contribution >= 0.6 is 0 Å². The van der Waals surface area contributed by atoms with E-state index in [9.17, 15) is 5.11 Å². The third-order valence-corrected chi connectivity index (χ3v) is 2.28. The molecule has 13 heavy (non-hydrogen) atoms. The standard InChI is InChI=1S/C8H14N4O/c1-11-4-7(9-10-11)5-12-3-2-8(13)6-12/h4,8,13H,2-3,5-6H2,1H3/t8-/m0/s1. The first-order valence-electron chi connectivity index (χ1n) is 4.49. The van der Waals surface area contributed by atoms with E-state index in [1.165, 1.54) is 0 Å². The van der Waals surface area contributed by atoms with Crippen molar-refractivity contribution in [2.24, 2.45) is 7.05 Å². The summed E-state index contributed by atoms with van der Waals surface area (Å²) in [4.78, 5) is 2.19. The molecule has 0 aromatic carbocycles. The summed E-state index contributed by atoms with van der Waals surface area (Å²) in [5.74, 6) is 0. The molecule has 2 heterocycles. The van der Waals surface area contributed by atoms with E-state index >= 15 is 0 Å². The monoisotopic (exact) mass is 182 g/mol. The van der Waals surface area contributed by atoms with Crippen molar-refractivity contribution in [1.29, 1.82) is 0 Å². The number of aryl methyl sites for hydroxylation is 1. The Labute approximate surface area is 77.0 Å². The van der Waals surface area contributed by atoms with Crippen molar-refractivity contribution in [2.45, 2.75) is 19.1 Å². The molecule has 5 heteroatoms. The van der Waals surface area contributed by atoms with Gasteiger partial charge in [-0.05, 0) is 6.42 Å².